The first-order valence-electron chi connectivity index (χ1n) is 7.76. The van der Waals surface area contributed by atoms with E-state index in [9.17, 15) is 4.79 Å². The Kier molecular flexibility index (Phi) is 6.34. The Morgan fingerprint density at radius 1 is 1.38 bits per heavy atom. The van der Waals surface area contributed by atoms with E-state index in [1.54, 1.807) is 17.0 Å². The van der Waals surface area contributed by atoms with Crippen LogP contribution in [0, 0.1) is 0 Å². The summed E-state index contributed by atoms with van der Waals surface area (Å²) in [6.07, 6.45) is 0.922. The number of hydrogen-bond donors (Lipinski definition) is 0. The monoisotopic (exact) mass is 389 g/mol. The largest absolute Gasteiger partial charge is 0.480 e. The lowest BCUT2D eigenvalue weighted by molar-refractivity contribution is 0.00851. The molecule has 0 N–H and O–H groups in total. The number of rotatable bonds is 4. The van der Waals surface area contributed by atoms with Crippen molar-refractivity contribution >= 4 is 47.1 Å². The normalized spacial score (nSPS) is 19.0. The van der Waals surface area contributed by atoms with Crippen molar-refractivity contribution in [2.45, 2.75) is 51.4 Å². The van der Waals surface area contributed by atoms with Gasteiger partial charge in [-0.1, -0.05) is 29.3 Å². The molecule has 1 heterocycles. The van der Waals surface area contributed by atoms with Crippen molar-refractivity contribution in [1.29, 1.82) is 0 Å². The zero-order valence-corrected chi connectivity index (χ0v) is 16.2. The highest BCUT2D eigenvalue weighted by molar-refractivity contribution is 7.78. The first-order valence-corrected chi connectivity index (χ1v) is 8.99. The van der Waals surface area contributed by atoms with E-state index in [4.69, 9.17) is 44.9 Å². The van der Waals surface area contributed by atoms with Crippen molar-refractivity contribution in [2.75, 3.05) is 6.54 Å². The molecule has 1 aromatic rings. The quantitative estimate of drug-likeness (QED) is 0.645. The Morgan fingerprint density at radius 3 is 2.67 bits per heavy atom. The van der Waals surface area contributed by atoms with Crippen LogP contribution in [-0.4, -0.2) is 34.7 Å². The molecule has 7 heteroatoms. The molecule has 1 aliphatic rings. The summed E-state index contributed by atoms with van der Waals surface area (Å²) in [5.74, 6) is 0. The zero-order valence-electron chi connectivity index (χ0n) is 13.9. The molecule has 0 spiro atoms. The van der Waals surface area contributed by atoms with Gasteiger partial charge in [0.15, 0.2) is 0 Å². The minimum atomic E-state index is -0.547. The molecule has 24 heavy (non-hydrogen) atoms. The molecule has 0 aliphatic carbocycles. The number of thiocarbonyl (C=S) groups is 1. The van der Waals surface area contributed by atoms with Crippen molar-refractivity contribution in [3.8, 4) is 0 Å². The predicted octanol–water partition coefficient (Wildman–Crippen LogP) is 5.41. The number of halogens is 2. The Labute approximate surface area is 158 Å². The number of likely N-dealkylation sites (tertiary alicyclic amines) is 1. The van der Waals surface area contributed by atoms with Gasteiger partial charge in [0.05, 0.1) is 16.1 Å². The average Bonchev–Trinajstić information content (AvgIpc) is 2.95. The number of benzene rings is 1. The fourth-order valence-electron chi connectivity index (χ4n) is 2.80. The first-order chi connectivity index (χ1) is 11.2. The van der Waals surface area contributed by atoms with E-state index >= 15 is 0 Å². The van der Waals surface area contributed by atoms with Crippen molar-refractivity contribution in [3.63, 3.8) is 0 Å². The van der Waals surface area contributed by atoms with Crippen LogP contribution in [0.25, 0.3) is 0 Å². The maximum Gasteiger partial charge on any atom is 0.410 e. The topological polar surface area (TPSA) is 38.8 Å². The highest BCUT2D eigenvalue weighted by atomic mass is 35.5. The van der Waals surface area contributed by atoms with Gasteiger partial charge in [-0.25, -0.2) is 4.79 Å². The van der Waals surface area contributed by atoms with Crippen LogP contribution in [0.1, 0.15) is 45.3 Å². The van der Waals surface area contributed by atoms with E-state index in [0.29, 0.717) is 16.6 Å². The molecule has 0 radical (unpaired) electrons. The maximum absolute atomic E-state index is 12.5. The van der Waals surface area contributed by atoms with Crippen LogP contribution >= 0.6 is 35.4 Å². The van der Waals surface area contributed by atoms with Crippen LogP contribution in [0.4, 0.5) is 4.79 Å². The van der Waals surface area contributed by atoms with E-state index in [2.05, 4.69) is 0 Å². The third kappa shape index (κ3) is 4.74. The third-order valence-corrected chi connectivity index (χ3v) is 4.60. The summed E-state index contributed by atoms with van der Waals surface area (Å²) in [6, 6.07) is 5.13. The van der Waals surface area contributed by atoms with E-state index < -0.39 is 11.7 Å². The van der Waals surface area contributed by atoms with E-state index in [1.807, 2.05) is 26.8 Å². The molecule has 1 amide bonds. The van der Waals surface area contributed by atoms with E-state index in [1.165, 1.54) is 5.55 Å². The predicted molar refractivity (Wildman–Crippen MR) is 99.9 cm³/mol. The van der Waals surface area contributed by atoms with Crippen LogP contribution in [0.3, 0.4) is 0 Å². The van der Waals surface area contributed by atoms with Crippen molar-refractivity contribution in [2.24, 2.45) is 0 Å². The number of nitrogens with zero attached hydrogens (tertiary/aromatic N) is 1. The summed E-state index contributed by atoms with van der Waals surface area (Å²) in [5, 5.41) is 0.908. The Bertz CT molecular complexity index is 618. The third-order valence-electron chi connectivity index (χ3n) is 3.75. The Balaban J connectivity index is 2.26. The van der Waals surface area contributed by atoms with E-state index in [-0.39, 0.29) is 12.1 Å². The van der Waals surface area contributed by atoms with Crippen LogP contribution in [0.15, 0.2) is 18.2 Å². The lowest BCUT2D eigenvalue weighted by atomic mass is 10.00. The summed E-state index contributed by atoms with van der Waals surface area (Å²) in [4.78, 5) is 14.2. The van der Waals surface area contributed by atoms with Gasteiger partial charge < -0.3 is 14.4 Å². The summed E-state index contributed by atoms with van der Waals surface area (Å²) in [7, 11) is 0. The fourth-order valence-corrected chi connectivity index (χ4v) is 3.22. The molecule has 4 nitrogen and oxygen atoms in total. The number of carbonyl (C=O) groups is 1. The SMILES string of the molecule is CC(C)(C)OC(=O)N1CCC[C@H]1C(OC=S)c1ccc(Cl)c(Cl)c1. The molecule has 1 fully saturated rings. The minimum Gasteiger partial charge on any atom is -0.480 e. The summed E-state index contributed by atoms with van der Waals surface area (Å²) >= 11 is 17.0. The van der Waals surface area contributed by atoms with Gasteiger partial charge >= 0.3 is 6.09 Å². The number of carbonyl (C=O) groups excluding carboxylic acids is 1. The molecule has 0 saturated carbocycles. The van der Waals surface area contributed by atoms with E-state index in [0.717, 1.165) is 18.4 Å². The average molecular weight is 390 g/mol. The standard InChI is InChI=1S/C17H21Cl2NO3S/c1-17(2,3)23-16(21)20-8-4-5-14(20)15(22-10-24)11-6-7-12(18)13(19)9-11/h6-7,9-10,14-15H,4-5,8H2,1-3H3/t14-,15?/m0/s1. The van der Waals surface area contributed by atoms with Gasteiger partial charge in [-0.15, -0.1) is 0 Å². The molecular weight excluding hydrogens is 369 g/mol. The van der Waals surface area contributed by atoms with Gasteiger partial charge in [0.25, 0.3) is 0 Å². The summed E-state index contributed by atoms with van der Waals surface area (Å²) in [5.41, 5.74) is 1.50. The van der Waals surface area contributed by atoms with Crippen LogP contribution in [0.5, 0.6) is 0 Å². The maximum atomic E-state index is 12.5. The summed E-state index contributed by atoms with van der Waals surface area (Å²) < 4.78 is 11.2. The van der Waals surface area contributed by atoms with Gasteiger partial charge in [0.2, 0.25) is 0 Å². The molecule has 0 aromatic heterocycles. The smallest absolute Gasteiger partial charge is 0.410 e. The Morgan fingerprint density at radius 2 is 2.08 bits per heavy atom. The molecule has 2 rings (SSSR count). The molecule has 2 atom stereocenters. The zero-order chi connectivity index (χ0) is 17.9. The van der Waals surface area contributed by atoms with Crippen molar-refractivity contribution in [3.05, 3.63) is 33.8 Å². The van der Waals surface area contributed by atoms with Gasteiger partial charge in [0.1, 0.15) is 17.3 Å². The second-order valence-electron chi connectivity index (χ2n) is 6.71. The lowest BCUT2D eigenvalue weighted by Crippen LogP contribution is -2.42. The van der Waals surface area contributed by atoms with Crippen molar-refractivity contribution < 1.29 is 14.3 Å². The number of ether oxygens (including phenoxy) is 2. The first kappa shape index (κ1) is 19.3. The highest BCUT2D eigenvalue weighted by Crippen LogP contribution is 2.35. The van der Waals surface area contributed by atoms with Gasteiger partial charge in [-0.2, -0.15) is 0 Å². The molecule has 132 valence electrons. The molecule has 1 aromatic carbocycles. The number of amides is 1. The summed E-state index contributed by atoms with van der Waals surface area (Å²) in [6.45, 7) is 6.16. The van der Waals surface area contributed by atoms with Crippen LogP contribution < -0.4 is 0 Å². The fraction of sp³-hybridized carbons (Fsp3) is 0.529. The van der Waals surface area contributed by atoms with Crippen molar-refractivity contribution in [1.82, 2.24) is 4.90 Å². The number of hydrogen-bond acceptors (Lipinski definition) is 4. The molecule has 1 saturated heterocycles. The van der Waals surface area contributed by atoms with Gasteiger partial charge in [-0.05, 0) is 63.5 Å². The van der Waals surface area contributed by atoms with Crippen LogP contribution in [-0.2, 0) is 9.47 Å². The molecule has 1 unspecified atom stereocenters. The van der Waals surface area contributed by atoms with Crippen LogP contribution in [0.2, 0.25) is 10.0 Å². The van der Waals surface area contributed by atoms with Gasteiger partial charge in [-0.3, -0.25) is 0 Å². The Hall–Kier alpha value is -1.04. The second-order valence-corrected chi connectivity index (χ2v) is 7.72. The molecular formula is C17H21Cl2NO3S. The lowest BCUT2D eigenvalue weighted by Gasteiger charge is -2.32. The van der Waals surface area contributed by atoms with Gasteiger partial charge in [0, 0.05) is 6.54 Å². The second kappa shape index (κ2) is 7.89. The molecule has 0 bridgehead atoms. The molecule has 1 aliphatic heterocycles. The minimum absolute atomic E-state index is 0.170. The highest BCUT2D eigenvalue weighted by Gasteiger charge is 2.38.